The second-order valence-electron chi connectivity index (χ2n) is 4.64. The molecule has 0 saturated carbocycles. The highest BCUT2D eigenvalue weighted by atomic mass is 32.2. The van der Waals surface area contributed by atoms with Gasteiger partial charge in [0.05, 0.1) is 12.2 Å². The summed E-state index contributed by atoms with van der Waals surface area (Å²) in [6, 6.07) is 5.47. The SMILES string of the molecule is CSC(=Nc1ccc(NC(=O)CN(C)C)c(C)c1)NC#N. The number of thioether (sulfide) groups is 1. The zero-order valence-electron chi connectivity index (χ0n) is 12.6. The van der Waals surface area contributed by atoms with Crippen molar-refractivity contribution in [3.05, 3.63) is 23.8 Å². The Morgan fingerprint density at radius 2 is 2.19 bits per heavy atom. The van der Waals surface area contributed by atoms with Crippen molar-refractivity contribution >= 4 is 34.2 Å². The smallest absolute Gasteiger partial charge is 0.238 e. The van der Waals surface area contributed by atoms with Gasteiger partial charge in [-0.25, -0.2) is 4.99 Å². The van der Waals surface area contributed by atoms with Gasteiger partial charge in [0, 0.05) is 5.69 Å². The first kappa shape index (κ1) is 17.0. The van der Waals surface area contributed by atoms with Gasteiger partial charge in [0.25, 0.3) is 0 Å². The van der Waals surface area contributed by atoms with Crippen LogP contribution in [0.15, 0.2) is 23.2 Å². The van der Waals surface area contributed by atoms with Crippen molar-refractivity contribution in [3.63, 3.8) is 0 Å². The quantitative estimate of drug-likeness (QED) is 0.384. The van der Waals surface area contributed by atoms with E-state index in [1.165, 1.54) is 11.8 Å². The Balaban J connectivity index is 2.86. The minimum atomic E-state index is -0.0599. The van der Waals surface area contributed by atoms with E-state index in [-0.39, 0.29) is 5.91 Å². The molecule has 1 aromatic carbocycles. The third-order valence-corrected chi connectivity index (χ3v) is 3.11. The van der Waals surface area contributed by atoms with E-state index in [2.05, 4.69) is 15.6 Å². The van der Waals surface area contributed by atoms with Gasteiger partial charge in [-0.1, -0.05) is 11.8 Å². The molecule has 0 aliphatic rings. The number of carbonyl (C=O) groups excluding carboxylic acids is 1. The van der Waals surface area contributed by atoms with Crippen LogP contribution >= 0.6 is 11.8 Å². The lowest BCUT2D eigenvalue weighted by Gasteiger charge is -2.12. The number of benzene rings is 1. The summed E-state index contributed by atoms with van der Waals surface area (Å²) >= 11 is 1.36. The summed E-state index contributed by atoms with van der Waals surface area (Å²) in [7, 11) is 3.69. The molecule has 0 heterocycles. The summed E-state index contributed by atoms with van der Waals surface area (Å²) in [5.74, 6) is -0.0599. The number of nitriles is 1. The molecule has 112 valence electrons. The Bertz CT molecular complexity index is 577. The number of amidine groups is 1. The van der Waals surface area contributed by atoms with Gasteiger partial charge in [-0.15, -0.1) is 0 Å². The second-order valence-corrected chi connectivity index (χ2v) is 5.44. The van der Waals surface area contributed by atoms with Crippen LogP contribution in [0.5, 0.6) is 0 Å². The number of nitrogens with one attached hydrogen (secondary N) is 2. The van der Waals surface area contributed by atoms with E-state index in [9.17, 15) is 4.79 Å². The fraction of sp³-hybridized carbons (Fsp3) is 0.357. The summed E-state index contributed by atoms with van der Waals surface area (Å²) in [6.07, 6.45) is 3.69. The first-order chi connectivity index (χ1) is 9.96. The van der Waals surface area contributed by atoms with Crippen LogP contribution in [0.1, 0.15) is 5.56 Å². The molecule has 0 spiro atoms. The number of carbonyl (C=O) groups is 1. The molecular weight excluding hydrogens is 286 g/mol. The van der Waals surface area contributed by atoms with Crippen LogP contribution in [0.25, 0.3) is 0 Å². The van der Waals surface area contributed by atoms with Gasteiger partial charge in [-0.05, 0) is 51.0 Å². The summed E-state index contributed by atoms with van der Waals surface area (Å²) in [4.78, 5) is 17.9. The Hall–Kier alpha value is -2.04. The van der Waals surface area contributed by atoms with Gasteiger partial charge in [0.15, 0.2) is 11.4 Å². The van der Waals surface area contributed by atoms with E-state index < -0.39 is 0 Å². The second kappa shape index (κ2) is 8.29. The lowest BCUT2D eigenvalue weighted by atomic mass is 10.2. The number of hydrogen-bond acceptors (Lipinski definition) is 5. The van der Waals surface area contributed by atoms with Gasteiger partial charge in [-0.3, -0.25) is 10.1 Å². The molecule has 7 heteroatoms. The first-order valence-corrected chi connectivity index (χ1v) is 7.51. The molecule has 0 fully saturated rings. The molecule has 0 aliphatic heterocycles. The molecule has 2 N–H and O–H groups in total. The zero-order valence-corrected chi connectivity index (χ0v) is 13.4. The van der Waals surface area contributed by atoms with E-state index in [0.717, 1.165) is 16.9 Å². The van der Waals surface area contributed by atoms with E-state index >= 15 is 0 Å². The van der Waals surface area contributed by atoms with Gasteiger partial charge in [-0.2, -0.15) is 5.26 Å². The predicted octanol–water partition coefficient (Wildman–Crippen LogP) is 1.92. The first-order valence-electron chi connectivity index (χ1n) is 6.29. The molecule has 0 saturated heterocycles. The highest BCUT2D eigenvalue weighted by molar-refractivity contribution is 8.13. The molecule has 0 aromatic heterocycles. The normalized spacial score (nSPS) is 11.1. The number of likely N-dealkylation sites (N-methyl/N-ethyl adjacent to an activating group) is 1. The molecule has 0 radical (unpaired) electrons. The fourth-order valence-electron chi connectivity index (χ4n) is 1.62. The van der Waals surface area contributed by atoms with Gasteiger partial charge < -0.3 is 10.2 Å². The number of nitrogens with zero attached hydrogens (tertiary/aromatic N) is 3. The maximum absolute atomic E-state index is 11.7. The Morgan fingerprint density at radius 1 is 1.48 bits per heavy atom. The van der Waals surface area contributed by atoms with Crippen molar-refractivity contribution in [2.24, 2.45) is 4.99 Å². The van der Waals surface area contributed by atoms with E-state index in [1.54, 1.807) is 6.07 Å². The van der Waals surface area contributed by atoms with Crippen molar-refractivity contribution in [2.45, 2.75) is 6.92 Å². The molecule has 0 aliphatic carbocycles. The number of aliphatic imine (C=N–C) groups is 1. The van der Waals surface area contributed by atoms with Crippen LogP contribution in [0.4, 0.5) is 11.4 Å². The highest BCUT2D eigenvalue weighted by Crippen LogP contribution is 2.22. The van der Waals surface area contributed by atoms with E-state index in [4.69, 9.17) is 5.26 Å². The summed E-state index contributed by atoms with van der Waals surface area (Å²) < 4.78 is 0. The molecule has 0 atom stereocenters. The minimum Gasteiger partial charge on any atom is -0.325 e. The van der Waals surface area contributed by atoms with Crippen LogP contribution in [-0.4, -0.2) is 42.9 Å². The number of hydrogen-bond donors (Lipinski definition) is 2. The fourth-order valence-corrected chi connectivity index (χ4v) is 1.97. The topological polar surface area (TPSA) is 80.5 Å². The van der Waals surface area contributed by atoms with Crippen LogP contribution in [0.3, 0.4) is 0 Å². The van der Waals surface area contributed by atoms with Crippen LogP contribution < -0.4 is 10.6 Å². The van der Waals surface area contributed by atoms with E-state index in [0.29, 0.717) is 11.7 Å². The molecule has 0 bridgehead atoms. The summed E-state index contributed by atoms with van der Waals surface area (Å²) in [5.41, 5.74) is 2.41. The molecule has 21 heavy (non-hydrogen) atoms. The number of anilines is 1. The Kier molecular flexibility index (Phi) is 6.72. The molecule has 6 nitrogen and oxygen atoms in total. The Labute approximate surface area is 129 Å². The third-order valence-electron chi connectivity index (χ3n) is 2.53. The van der Waals surface area contributed by atoms with Gasteiger partial charge in [0.1, 0.15) is 0 Å². The van der Waals surface area contributed by atoms with Crippen molar-refractivity contribution in [1.29, 1.82) is 5.26 Å². The Morgan fingerprint density at radius 3 is 2.71 bits per heavy atom. The summed E-state index contributed by atoms with van der Waals surface area (Å²) in [6.45, 7) is 2.24. The average Bonchev–Trinajstić information content (AvgIpc) is 2.40. The molecular formula is C14H19N5OS. The monoisotopic (exact) mass is 305 g/mol. The molecule has 1 rings (SSSR count). The van der Waals surface area contributed by atoms with Crippen molar-refractivity contribution < 1.29 is 4.79 Å². The number of rotatable bonds is 4. The van der Waals surface area contributed by atoms with Gasteiger partial charge in [0.2, 0.25) is 5.91 Å². The molecule has 1 amide bonds. The standard InChI is InChI=1S/C14H19N5OS/c1-10-7-11(17-14(21-4)16-9-15)5-6-12(10)18-13(20)8-19(2)3/h5-7H,8H2,1-4H3,(H,16,17)(H,18,20). The lowest BCUT2D eigenvalue weighted by molar-refractivity contribution is -0.116. The van der Waals surface area contributed by atoms with Gasteiger partial charge >= 0.3 is 0 Å². The average molecular weight is 305 g/mol. The minimum absolute atomic E-state index is 0.0599. The summed E-state index contributed by atoms with van der Waals surface area (Å²) in [5, 5.41) is 14.5. The maximum atomic E-state index is 11.7. The number of aryl methyl sites for hydroxylation is 1. The molecule has 1 aromatic rings. The maximum Gasteiger partial charge on any atom is 0.238 e. The lowest BCUT2D eigenvalue weighted by Crippen LogP contribution is -2.27. The van der Waals surface area contributed by atoms with Crippen LogP contribution in [0, 0.1) is 18.4 Å². The largest absolute Gasteiger partial charge is 0.325 e. The van der Waals surface area contributed by atoms with Crippen molar-refractivity contribution in [3.8, 4) is 6.19 Å². The third kappa shape index (κ3) is 5.85. The molecule has 0 unspecified atom stereocenters. The predicted molar refractivity (Wildman–Crippen MR) is 87.7 cm³/mol. The van der Waals surface area contributed by atoms with Crippen molar-refractivity contribution in [1.82, 2.24) is 10.2 Å². The highest BCUT2D eigenvalue weighted by Gasteiger charge is 2.06. The van der Waals surface area contributed by atoms with Crippen LogP contribution in [-0.2, 0) is 4.79 Å². The van der Waals surface area contributed by atoms with Crippen molar-refractivity contribution in [2.75, 3.05) is 32.2 Å². The van der Waals surface area contributed by atoms with Crippen LogP contribution in [0.2, 0.25) is 0 Å². The number of amides is 1. The van der Waals surface area contributed by atoms with E-state index in [1.807, 2.05) is 50.5 Å². The zero-order chi connectivity index (χ0) is 15.8.